The molecule has 2 saturated carbocycles. The van der Waals surface area contributed by atoms with Gasteiger partial charge in [-0.1, -0.05) is 31.9 Å². The summed E-state index contributed by atoms with van der Waals surface area (Å²) in [6.45, 7) is 6.39. The van der Waals surface area contributed by atoms with E-state index in [-0.39, 0.29) is 11.7 Å². The zero-order valence-corrected chi connectivity index (χ0v) is 16.7. The molecule has 0 atom stereocenters. The van der Waals surface area contributed by atoms with Crippen LogP contribution in [0.5, 0.6) is 5.75 Å². The van der Waals surface area contributed by atoms with E-state index in [1.807, 2.05) is 0 Å². The van der Waals surface area contributed by atoms with E-state index in [1.54, 1.807) is 18.2 Å². The predicted octanol–water partition coefficient (Wildman–Crippen LogP) is 7.41. The second kappa shape index (κ2) is 9.71. The van der Waals surface area contributed by atoms with Crippen molar-refractivity contribution < 1.29 is 13.5 Å². The Morgan fingerprint density at radius 1 is 0.963 bits per heavy atom. The monoisotopic (exact) mass is 376 g/mol. The van der Waals surface area contributed by atoms with Crippen molar-refractivity contribution >= 4 is 0 Å². The summed E-state index contributed by atoms with van der Waals surface area (Å²) in [5, 5.41) is 0. The smallest absolute Gasteiger partial charge is 0.200 e. The number of allylic oxidation sites excluding steroid dienone is 1. The molecule has 0 aromatic heterocycles. The lowest BCUT2D eigenvalue weighted by Gasteiger charge is -2.37. The topological polar surface area (TPSA) is 9.23 Å². The van der Waals surface area contributed by atoms with Crippen molar-refractivity contribution in [3.8, 4) is 5.75 Å². The van der Waals surface area contributed by atoms with Gasteiger partial charge in [-0.3, -0.25) is 0 Å². The number of halogens is 2. The van der Waals surface area contributed by atoms with Gasteiger partial charge in [-0.15, -0.1) is 6.58 Å². The molecule has 150 valence electrons. The Morgan fingerprint density at radius 2 is 1.59 bits per heavy atom. The molecule has 27 heavy (non-hydrogen) atoms. The normalized spacial score (nSPS) is 28.7. The molecule has 1 aromatic carbocycles. The van der Waals surface area contributed by atoms with Gasteiger partial charge in [0.05, 0.1) is 6.61 Å². The first kappa shape index (κ1) is 20.4. The van der Waals surface area contributed by atoms with E-state index in [2.05, 4.69) is 13.5 Å². The molecule has 3 rings (SSSR count). The Labute approximate surface area is 163 Å². The van der Waals surface area contributed by atoms with Crippen molar-refractivity contribution in [3.05, 3.63) is 42.0 Å². The zero-order chi connectivity index (χ0) is 19.2. The minimum Gasteiger partial charge on any atom is -0.490 e. The van der Waals surface area contributed by atoms with Crippen LogP contribution >= 0.6 is 0 Å². The zero-order valence-electron chi connectivity index (χ0n) is 16.7. The Morgan fingerprint density at radius 3 is 2.22 bits per heavy atom. The lowest BCUT2D eigenvalue weighted by atomic mass is 9.68. The minimum atomic E-state index is -0.825. The molecule has 3 heteroatoms. The van der Waals surface area contributed by atoms with E-state index < -0.39 is 11.6 Å². The number of hydrogen-bond acceptors (Lipinski definition) is 1. The average Bonchev–Trinajstić information content (AvgIpc) is 2.69. The highest BCUT2D eigenvalue weighted by molar-refractivity contribution is 5.33. The fourth-order valence-electron chi connectivity index (χ4n) is 5.04. The van der Waals surface area contributed by atoms with Crippen molar-refractivity contribution in [2.24, 2.45) is 17.8 Å². The van der Waals surface area contributed by atoms with Gasteiger partial charge >= 0.3 is 0 Å². The Hall–Kier alpha value is -1.38. The molecular weight excluding hydrogens is 342 g/mol. The largest absolute Gasteiger partial charge is 0.490 e. The first-order chi connectivity index (χ1) is 13.1. The van der Waals surface area contributed by atoms with Gasteiger partial charge in [-0.05, 0) is 86.7 Å². The van der Waals surface area contributed by atoms with Crippen molar-refractivity contribution in [3.63, 3.8) is 0 Å². The number of hydrogen-bond donors (Lipinski definition) is 0. The third-order valence-electron chi connectivity index (χ3n) is 6.83. The van der Waals surface area contributed by atoms with Crippen LogP contribution in [0.3, 0.4) is 0 Å². The number of benzene rings is 1. The van der Waals surface area contributed by atoms with Crippen molar-refractivity contribution in [1.82, 2.24) is 0 Å². The van der Waals surface area contributed by atoms with Crippen molar-refractivity contribution in [1.29, 1.82) is 0 Å². The molecule has 0 amide bonds. The summed E-state index contributed by atoms with van der Waals surface area (Å²) in [6.07, 6.45) is 13.1. The molecule has 1 aromatic rings. The van der Waals surface area contributed by atoms with Crippen LogP contribution in [0.25, 0.3) is 0 Å². The van der Waals surface area contributed by atoms with E-state index >= 15 is 0 Å². The van der Waals surface area contributed by atoms with Gasteiger partial charge in [0, 0.05) is 0 Å². The molecule has 0 N–H and O–H groups in total. The molecular formula is C24H34F2O. The third-order valence-corrected chi connectivity index (χ3v) is 6.83. The second-order valence-corrected chi connectivity index (χ2v) is 8.69. The number of unbranched alkanes of at least 4 members (excludes halogenated alkanes) is 1. The van der Waals surface area contributed by atoms with E-state index in [1.165, 1.54) is 25.7 Å². The third kappa shape index (κ3) is 5.12. The van der Waals surface area contributed by atoms with Gasteiger partial charge in [0.15, 0.2) is 11.6 Å². The molecule has 0 heterocycles. The lowest BCUT2D eigenvalue weighted by molar-refractivity contribution is 0.164. The van der Waals surface area contributed by atoms with Crippen molar-refractivity contribution in [2.45, 2.75) is 77.0 Å². The van der Waals surface area contributed by atoms with Crippen LogP contribution in [0.2, 0.25) is 0 Å². The maximum absolute atomic E-state index is 14.6. The SMILES string of the molecule is C=CCCCOc1ccc(C2CCC(C3CCC(C)CC3)CC2)c(F)c1F. The summed E-state index contributed by atoms with van der Waals surface area (Å²) in [5.74, 6) is 1.18. The fourth-order valence-corrected chi connectivity index (χ4v) is 5.04. The predicted molar refractivity (Wildman–Crippen MR) is 107 cm³/mol. The summed E-state index contributed by atoms with van der Waals surface area (Å²) in [5.41, 5.74) is 0.543. The molecule has 0 unspecified atom stereocenters. The highest BCUT2D eigenvalue weighted by Gasteiger charge is 2.32. The van der Waals surface area contributed by atoms with Gasteiger partial charge in [-0.25, -0.2) is 4.39 Å². The molecule has 0 aliphatic heterocycles. The Kier molecular flexibility index (Phi) is 7.32. The molecule has 0 saturated heterocycles. The summed E-state index contributed by atoms with van der Waals surface area (Å²) < 4.78 is 34.5. The maximum atomic E-state index is 14.6. The van der Waals surface area contributed by atoms with Gasteiger partial charge in [0.25, 0.3) is 0 Å². The molecule has 2 aliphatic rings. The summed E-state index contributed by atoms with van der Waals surface area (Å²) in [6, 6.07) is 3.35. The second-order valence-electron chi connectivity index (χ2n) is 8.69. The van der Waals surface area contributed by atoms with Crippen LogP contribution in [0.15, 0.2) is 24.8 Å². The van der Waals surface area contributed by atoms with E-state index in [0.29, 0.717) is 12.2 Å². The number of rotatable bonds is 7. The quantitative estimate of drug-likeness (QED) is 0.355. The first-order valence-electron chi connectivity index (χ1n) is 10.8. The Bertz CT molecular complexity index is 611. The minimum absolute atomic E-state index is 0.0327. The number of ether oxygens (including phenoxy) is 1. The van der Waals surface area contributed by atoms with Crippen LogP contribution in [0, 0.1) is 29.4 Å². The first-order valence-corrected chi connectivity index (χ1v) is 10.8. The van der Waals surface area contributed by atoms with E-state index in [0.717, 1.165) is 56.3 Å². The van der Waals surface area contributed by atoms with Crippen LogP contribution in [0.4, 0.5) is 8.78 Å². The van der Waals surface area contributed by atoms with E-state index in [9.17, 15) is 8.78 Å². The van der Waals surface area contributed by atoms with Crippen LogP contribution in [-0.2, 0) is 0 Å². The van der Waals surface area contributed by atoms with Crippen LogP contribution < -0.4 is 4.74 Å². The molecule has 0 spiro atoms. The molecule has 0 radical (unpaired) electrons. The molecule has 2 aliphatic carbocycles. The standard InChI is InChI=1S/C24H34F2O/c1-3-4-5-16-27-22-15-14-21(23(25)24(22)26)20-12-10-19(11-13-20)18-8-6-17(2)7-9-18/h3,14-15,17-20H,1,4-13,16H2,2H3. The van der Waals surface area contributed by atoms with Gasteiger partial charge in [0.1, 0.15) is 0 Å². The molecule has 1 nitrogen and oxygen atoms in total. The highest BCUT2D eigenvalue weighted by atomic mass is 19.2. The lowest BCUT2D eigenvalue weighted by Crippen LogP contribution is -2.25. The van der Waals surface area contributed by atoms with Crippen LogP contribution in [-0.4, -0.2) is 6.61 Å². The van der Waals surface area contributed by atoms with Crippen molar-refractivity contribution in [2.75, 3.05) is 6.61 Å². The van der Waals surface area contributed by atoms with Gasteiger partial charge < -0.3 is 4.74 Å². The van der Waals surface area contributed by atoms with E-state index in [4.69, 9.17) is 4.74 Å². The summed E-state index contributed by atoms with van der Waals surface area (Å²) in [4.78, 5) is 0. The molecule has 2 fully saturated rings. The average molecular weight is 377 g/mol. The Balaban J connectivity index is 1.56. The summed E-state index contributed by atoms with van der Waals surface area (Å²) in [7, 11) is 0. The van der Waals surface area contributed by atoms with Gasteiger partial charge in [0.2, 0.25) is 5.82 Å². The molecule has 0 bridgehead atoms. The highest BCUT2D eigenvalue weighted by Crippen LogP contribution is 2.44. The van der Waals surface area contributed by atoms with Gasteiger partial charge in [-0.2, -0.15) is 4.39 Å². The van der Waals surface area contributed by atoms with Crippen LogP contribution in [0.1, 0.15) is 82.6 Å². The summed E-state index contributed by atoms with van der Waals surface area (Å²) >= 11 is 0. The fraction of sp³-hybridized carbons (Fsp3) is 0.667. The maximum Gasteiger partial charge on any atom is 0.200 e.